The van der Waals surface area contributed by atoms with Crippen molar-refractivity contribution in [2.75, 3.05) is 15.9 Å². The fraction of sp³-hybridized carbons (Fsp3) is 0.174. The predicted molar refractivity (Wildman–Crippen MR) is 118 cm³/mol. The molecule has 1 amide bonds. The number of sulfonamides is 1. The maximum absolute atomic E-state index is 12.6. The largest absolute Gasteiger partial charge is 0.416 e. The maximum atomic E-state index is 12.6. The standard InChI is InChI=1S/C23H21F3N2O3S/c1-16-4-3-5-21(14-16)28(32(2,30)31)15-17-6-8-18(9-7-17)22(29)27-20-12-10-19(11-13-20)23(24,25)26/h3-14H,15H2,1-2H3,(H,27,29). The van der Waals surface area contributed by atoms with Crippen LogP contribution in [-0.4, -0.2) is 20.6 Å². The van der Waals surface area contributed by atoms with Gasteiger partial charge in [-0.15, -0.1) is 0 Å². The van der Waals surface area contributed by atoms with Gasteiger partial charge in [-0.3, -0.25) is 9.10 Å². The van der Waals surface area contributed by atoms with Crippen molar-refractivity contribution < 1.29 is 26.4 Å². The minimum atomic E-state index is -4.45. The number of hydrogen-bond donors (Lipinski definition) is 1. The number of aryl methyl sites for hydroxylation is 1. The molecule has 0 atom stereocenters. The third kappa shape index (κ3) is 5.88. The fourth-order valence-corrected chi connectivity index (χ4v) is 3.94. The Kier molecular flexibility index (Phi) is 6.59. The number of carbonyl (C=O) groups excluding carboxylic acids is 1. The Bertz CT molecular complexity index is 1210. The zero-order valence-corrected chi connectivity index (χ0v) is 18.2. The molecule has 0 radical (unpaired) electrons. The van der Waals surface area contributed by atoms with E-state index < -0.39 is 27.7 Å². The number of benzene rings is 3. The molecular formula is C23H21F3N2O3S. The van der Waals surface area contributed by atoms with Gasteiger partial charge >= 0.3 is 6.18 Å². The Morgan fingerprint density at radius 1 is 0.969 bits per heavy atom. The topological polar surface area (TPSA) is 66.5 Å². The van der Waals surface area contributed by atoms with Crippen molar-refractivity contribution in [3.63, 3.8) is 0 Å². The van der Waals surface area contributed by atoms with Crippen molar-refractivity contribution in [3.8, 4) is 0 Å². The van der Waals surface area contributed by atoms with Crippen LogP contribution < -0.4 is 9.62 Å². The predicted octanol–water partition coefficient (Wildman–Crippen LogP) is 5.23. The number of hydrogen-bond acceptors (Lipinski definition) is 3. The van der Waals surface area contributed by atoms with Crippen LogP contribution in [0.25, 0.3) is 0 Å². The normalized spacial score (nSPS) is 11.8. The molecule has 32 heavy (non-hydrogen) atoms. The van der Waals surface area contributed by atoms with Crippen LogP contribution in [0.4, 0.5) is 24.5 Å². The summed E-state index contributed by atoms with van der Waals surface area (Å²) in [4.78, 5) is 12.4. The van der Waals surface area contributed by atoms with Gasteiger partial charge in [0.05, 0.1) is 24.1 Å². The molecule has 3 rings (SSSR count). The van der Waals surface area contributed by atoms with Gasteiger partial charge in [0.25, 0.3) is 5.91 Å². The molecule has 3 aromatic rings. The molecule has 0 heterocycles. The van der Waals surface area contributed by atoms with Gasteiger partial charge in [0.2, 0.25) is 10.0 Å². The van der Waals surface area contributed by atoms with Gasteiger partial charge in [0.1, 0.15) is 0 Å². The van der Waals surface area contributed by atoms with Crippen LogP contribution in [0.2, 0.25) is 0 Å². The Balaban J connectivity index is 1.73. The van der Waals surface area contributed by atoms with E-state index in [1.807, 2.05) is 13.0 Å². The zero-order valence-electron chi connectivity index (χ0n) is 17.3. The van der Waals surface area contributed by atoms with Crippen molar-refractivity contribution in [2.24, 2.45) is 0 Å². The number of rotatable bonds is 6. The van der Waals surface area contributed by atoms with Crippen molar-refractivity contribution in [3.05, 3.63) is 95.1 Å². The monoisotopic (exact) mass is 462 g/mol. The lowest BCUT2D eigenvalue weighted by atomic mass is 10.1. The highest BCUT2D eigenvalue weighted by molar-refractivity contribution is 7.92. The van der Waals surface area contributed by atoms with E-state index in [4.69, 9.17) is 0 Å². The van der Waals surface area contributed by atoms with Crippen LogP contribution in [0, 0.1) is 6.92 Å². The van der Waals surface area contributed by atoms with E-state index in [0.717, 1.165) is 24.0 Å². The fourth-order valence-electron chi connectivity index (χ4n) is 3.06. The molecule has 0 aliphatic carbocycles. The lowest BCUT2D eigenvalue weighted by molar-refractivity contribution is -0.137. The van der Waals surface area contributed by atoms with E-state index in [2.05, 4.69) is 5.32 Å². The van der Waals surface area contributed by atoms with Crippen LogP contribution in [0.1, 0.15) is 27.0 Å². The summed E-state index contributed by atoms with van der Waals surface area (Å²) in [5, 5.41) is 2.54. The first kappa shape index (κ1) is 23.3. The van der Waals surface area contributed by atoms with E-state index in [-0.39, 0.29) is 17.8 Å². The molecule has 0 saturated heterocycles. The van der Waals surface area contributed by atoms with E-state index in [0.29, 0.717) is 11.3 Å². The molecule has 0 fully saturated rings. The number of alkyl halides is 3. The summed E-state index contributed by atoms with van der Waals surface area (Å²) in [6.45, 7) is 1.96. The van der Waals surface area contributed by atoms with Gasteiger partial charge in [-0.05, 0) is 66.6 Å². The molecule has 0 aromatic heterocycles. The summed E-state index contributed by atoms with van der Waals surface area (Å²) in [6, 6.07) is 17.6. The first-order chi connectivity index (χ1) is 14.9. The molecular weight excluding hydrogens is 441 g/mol. The first-order valence-electron chi connectivity index (χ1n) is 9.55. The van der Waals surface area contributed by atoms with E-state index >= 15 is 0 Å². The van der Waals surface area contributed by atoms with Gasteiger partial charge in [-0.25, -0.2) is 8.42 Å². The lowest BCUT2D eigenvalue weighted by Gasteiger charge is -2.23. The molecule has 0 aliphatic rings. The lowest BCUT2D eigenvalue weighted by Crippen LogP contribution is -2.29. The minimum Gasteiger partial charge on any atom is -0.322 e. The minimum absolute atomic E-state index is 0.0864. The van der Waals surface area contributed by atoms with Crippen LogP contribution in [0.5, 0.6) is 0 Å². The molecule has 0 bridgehead atoms. The van der Waals surface area contributed by atoms with Crippen molar-refractivity contribution in [1.82, 2.24) is 0 Å². The summed E-state index contributed by atoms with van der Waals surface area (Å²) >= 11 is 0. The van der Waals surface area contributed by atoms with Crippen LogP contribution in [0.3, 0.4) is 0 Å². The smallest absolute Gasteiger partial charge is 0.322 e. The van der Waals surface area contributed by atoms with Gasteiger partial charge in [-0.2, -0.15) is 13.2 Å². The summed E-state index contributed by atoms with van der Waals surface area (Å²) in [7, 11) is -3.54. The van der Waals surface area contributed by atoms with Crippen LogP contribution >= 0.6 is 0 Å². The molecule has 3 aromatic carbocycles. The van der Waals surface area contributed by atoms with Gasteiger partial charge in [0.15, 0.2) is 0 Å². The average Bonchev–Trinajstić information content (AvgIpc) is 2.71. The number of amides is 1. The number of nitrogens with one attached hydrogen (secondary N) is 1. The number of nitrogens with zero attached hydrogens (tertiary/aromatic N) is 1. The summed E-state index contributed by atoms with van der Waals surface area (Å²) in [5.41, 5.74) is 1.85. The summed E-state index contributed by atoms with van der Waals surface area (Å²) < 4.78 is 63.8. The molecule has 5 nitrogen and oxygen atoms in total. The summed E-state index contributed by atoms with van der Waals surface area (Å²) in [5.74, 6) is -0.491. The first-order valence-corrected chi connectivity index (χ1v) is 11.4. The zero-order chi connectivity index (χ0) is 23.5. The Hall–Kier alpha value is -3.33. The third-order valence-electron chi connectivity index (χ3n) is 4.70. The molecule has 0 saturated carbocycles. The van der Waals surface area contributed by atoms with Gasteiger partial charge in [-0.1, -0.05) is 24.3 Å². The van der Waals surface area contributed by atoms with Gasteiger partial charge in [0, 0.05) is 11.3 Å². The molecule has 1 N–H and O–H groups in total. The van der Waals surface area contributed by atoms with E-state index in [1.165, 1.54) is 28.6 Å². The highest BCUT2D eigenvalue weighted by Crippen LogP contribution is 2.30. The second-order valence-electron chi connectivity index (χ2n) is 7.33. The highest BCUT2D eigenvalue weighted by Gasteiger charge is 2.30. The van der Waals surface area contributed by atoms with Crippen molar-refractivity contribution >= 4 is 27.3 Å². The van der Waals surface area contributed by atoms with Crippen LogP contribution in [0.15, 0.2) is 72.8 Å². The Labute approximate surface area is 184 Å². The molecule has 0 aliphatic heterocycles. The Morgan fingerprint density at radius 2 is 1.59 bits per heavy atom. The van der Waals surface area contributed by atoms with E-state index in [1.54, 1.807) is 30.3 Å². The van der Waals surface area contributed by atoms with Gasteiger partial charge < -0.3 is 5.32 Å². The quantitative estimate of drug-likeness (QED) is 0.545. The Morgan fingerprint density at radius 3 is 2.12 bits per heavy atom. The SMILES string of the molecule is Cc1cccc(N(Cc2ccc(C(=O)Nc3ccc(C(F)(F)F)cc3)cc2)S(C)(=O)=O)c1. The second-order valence-corrected chi connectivity index (χ2v) is 9.24. The number of halogens is 3. The van der Waals surface area contributed by atoms with Crippen molar-refractivity contribution in [1.29, 1.82) is 0 Å². The molecule has 9 heteroatoms. The number of carbonyl (C=O) groups is 1. The average molecular weight is 462 g/mol. The van der Waals surface area contributed by atoms with Crippen molar-refractivity contribution in [2.45, 2.75) is 19.6 Å². The second kappa shape index (κ2) is 9.04. The molecule has 168 valence electrons. The number of anilines is 2. The summed E-state index contributed by atoms with van der Waals surface area (Å²) in [6.07, 6.45) is -3.32. The molecule has 0 unspecified atom stereocenters. The third-order valence-corrected chi connectivity index (χ3v) is 5.84. The van der Waals surface area contributed by atoms with E-state index in [9.17, 15) is 26.4 Å². The maximum Gasteiger partial charge on any atom is 0.416 e. The van der Waals surface area contributed by atoms with Crippen LogP contribution in [-0.2, 0) is 22.7 Å². The highest BCUT2D eigenvalue weighted by atomic mass is 32.2. The molecule has 0 spiro atoms.